The second kappa shape index (κ2) is 4.58. The Morgan fingerprint density at radius 3 is 2.28 bits per heavy atom. The first-order valence-corrected chi connectivity index (χ1v) is 6.87. The lowest BCUT2D eigenvalue weighted by Crippen LogP contribution is -2.56. The molecule has 1 aromatic carbocycles. The predicted octanol–water partition coefficient (Wildman–Crippen LogP) is 3.35. The van der Waals surface area contributed by atoms with Gasteiger partial charge in [-0.25, -0.2) is 0 Å². The zero-order chi connectivity index (χ0) is 13.5. The Balaban J connectivity index is 2.48. The number of hydrogen-bond donors (Lipinski definition) is 1. The smallest absolute Gasteiger partial charge is 0.0767 e. The van der Waals surface area contributed by atoms with E-state index in [4.69, 9.17) is 0 Å². The summed E-state index contributed by atoms with van der Waals surface area (Å²) >= 11 is 0. The van der Waals surface area contributed by atoms with Crippen molar-refractivity contribution in [2.45, 2.75) is 59.1 Å². The monoisotopic (exact) mass is 247 g/mol. The van der Waals surface area contributed by atoms with Gasteiger partial charge in [-0.3, -0.25) is 0 Å². The molecular formula is C16H25NO. The summed E-state index contributed by atoms with van der Waals surface area (Å²) in [6.07, 6.45) is 1.73. The molecule has 1 unspecified atom stereocenters. The minimum Gasteiger partial charge on any atom is -0.391 e. The fourth-order valence-corrected chi connectivity index (χ4v) is 3.26. The van der Waals surface area contributed by atoms with E-state index < -0.39 is 0 Å². The first-order valence-electron chi connectivity index (χ1n) is 6.87. The molecule has 1 heterocycles. The molecule has 1 aromatic rings. The first-order chi connectivity index (χ1) is 8.34. The first kappa shape index (κ1) is 13.4. The van der Waals surface area contributed by atoms with Crippen LogP contribution in [0.15, 0.2) is 12.1 Å². The van der Waals surface area contributed by atoms with Crippen LogP contribution >= 0.6 is 0 Å². The fraction of sp³-hybridized carbons (Fsp3) is 0.625. The summed E-state index contributed by atoms with van der Waals surface area (Å²) in [5, 5.41) is 10.3. The molecule has 18 heavy (non-hydrogen) atoms. The van der Waals surface area contributed by atoms with E-state index in [1.165, 1.54) is 22.4 Å². The summed E-state index contributed by atoms with van der Waals surface area (Å²) in [4.78, 5) is 2.39. The van der Waals surface area contributed by atoms with Gasteiger partial charge >= 0.3 is 0 Å². The van der Waals surface area contributed by atoms with Crippen molar-refractivity contribution in [1.82, 2.24) is 0 Å². The Kier molecular flexibility index (Phi) is 3.41. The molecule has 0 radical (unpaired) electrons. The second-order valence-corrected chi connectivity index (χ2v) is 6.21. The van der Waals surface area contributed by atoms with Crippen molar-refractivity contribution in [2.75, 3.05) is 11.4 Å². The summed E-state index contributed by atoms with van der Waals surface area (Å²) in [5.74, 6) is 0. The maximum absolute atomic E-state index is 10.3. The van der Waals surface area contributed by atoms with Gasteiger partial charge in [0, 0.05) is 12.2 Å². The third-order valence-corrected chi connectivity index (χ3v) is 4.28. The average molecular weight is 247 g/mol. The molecule has 2 heteroatoms. The topological polar surface area (TPSA) is 23.5 Å². The van der Waals surface area contributed by atoms with Crippen LogP contribution in [-0.4, -0.2) is 23.3 Å². The Morgan fingerprint density at radius 2 is 1.72 bits per heavy atom. The van der Waals surface area contributed by atoms with Gasteiger partial charge in [0.05, 0.1) is 11.6 Å². The number of rotatable bonds is 1. The molecule has 0 saturated carbocycles. The molecule has 1 saturated heterocycles. The molecule has 0 bridgehead atoms. The van der Waals surface area contributed by atoms with Crippen LogP contribution in [0.4, 0.5) is 5.69 Å². The fourth-order valence-electron chi connectivity index (χ4n) is 3.26. The molecule has 2 nitrogen and oxygen atoms in total. The number of aliphatic hydroxyl groups is 1. The Labute approximate surface area is 111 Å². The van der Waals surface area contributed by atoms with E-state index >= 15 is 0 Å². The zero-order valence-corrected chi connectivity index (χ0v) is 12.2. The van der Waals surface area contributed by atoms with Crippen molar-refractivity contribution >= 4 is 5.69 Å². The van der Waals surface area contributed by atoms with E-state index in [2.05, 4.69) is 51.7 Å². The minimum absolute atomic E-state index is 0.178. The van der Waals surface area contributed by atoms with Gasteiger partial charge in [0.2, 0.25) is 0 Å². The average Bonchev–Trinajstić information content (AvgIpc) is 2.23. The third-order valence-electron chi connectivity index (χ3n) is 4.28. The van der Waals surface area contributed by atoms with Crippen LogP contribution in [-0.2, 0) is 0 Å². The molecule has 1 fully saturated rings. The Hall–Kier alpha value is -1.02. The standard InChI is InChI=1S/C16H25NO/c1-11-9-12(2)15(13(3)10-11)17-8-6-7-14(18)16(17,4)5/h9-10,14,18H,6-8H2,1-5H3. The maximum atomic E-state index is 10.3. The van der Waals surface area contributed by atoms with Crippen molar-refractivity contribution in [3.63, 3.8) is 0 Å². The van der Waals surface area contributed by atoms with Crippen molar-refractivity contribution < 1.29 is 5.11 Å². The highest BCUT2D eigenvalue weighted by Gasteiger charge is 2.38. The summed E-state index contributed by atoms with van der Waals surface area (Å²) < 4.78 is 0. The lowest BCUT2D eigenvalue weighted by atomic mass is 9.85. The number of anilines is 1. The number of hydrogen-bond acceptors (Lipinski definition) is 2. The quantitative estimate of drug-likeness (QED) is 0.822. The van der Waals surface area contributed by atoms with Crippen LogP contribution in [0.3, 0.4) is 0 Å². The second-order valence-electron chi connectivity index (χ2n) is 6.21. The van der Waals surface area contributed by atoms with Gasteiger partial charge in [0.25, 0.3) is 0 Å². The SMILES string of the molecule is Cc1cc(C)c(N2CCCC(O)C2(C)C)c(C)c1. The molecule has 0 aromatic heterocycles. The summed E-state index contributed by atoms with van der Waals surface area (Å²) in [6.45, 7) is 11.8. The number of aliphatic hydroxyl groups excluding tert-OH is 1. The van der Waals surface area contributed by atoms with E-state index in [0.29, 0.717) is 0 Å². The molecule has 0 spiro atoms. The third kappa shape index (κ3) is 2.14. The molecule has 0 amide bonds. The number of piperidine rings is 1. The molecule has 0 aliphatic carbocycles. The van der Waals surface area contributed by atoms with E-state index in [1.54, 1.807) is 0 Å². The van der Waals surface area contributed by atoms with E-state index in [9.17, 15) is 5.11 Å². The molecule has 1 aliphatic rings. The van der Waals surface area contributed by atoms with Crippen molar-refractivity contribution in [1.29, 1.82) is 0 Å². The lowest BCUT2D eigenvalue weighted by molar-refractivity contribution is 0.0710. The van der Waals surface area contributed by atoms with Gasteiger partial charge < -0.3 is 10.0 Å². The summed E-state index contributed by atoms with van der Waals surface area (Å²) in [6, 6.07) is 4.47. The van der Waals surface area contributed by atoms with Gasteiger partial charge in [0.15, 0.2) is 0 Å². The van der Waals surface area contributed by atoms with Crippen molar-refractivity contribution in [2.24, 2.45) is 0 Å². The number of benzene rings is 1. The number of aryl methyl sites for hydroxylation is 3. The molecule has 2 rings (SSSR count). The van der Waals surface area contributed by atoms with Crippen LogP contribution in [0.25, 0.3) is 0 Å². The molecular weight excluding hydrogens is 222 g/mol. The van der Waals surface area contributed by atoms with Crippen LogP contribution in [0, 0.1) is 20.8 Å². The minimum atomic E-state index is -0.244. The van der Waals surface area contributed by atoms with Gasteiger partial charge in [-0.2, -0.15) is 0 Å². The highest BCUT2D eigenvalue weighted by Crippen LogP contribution is 2.37. The maximum Gasteiger partial charge on any atom is 0.0767 e. The largest absolute Gasteiger partial charge is 0.391 e. The van der Waals surface area contributed by atoms with Gasteiger partial charge in [-0.15, -0.1) is 0 Å². The highest BCUT2D eigenvalue weighted by molar-refractivity contribution is 5.62. The summed E-state index contributed by atoms with van der Waals surface area (Å²) in [7, 11) is 0. The lowest BCUT2D eigenvalue weighted by Gasteiger charge is -2.48. The van der Waals surface area contributed by atoms with Gasteiger partial charge in [-0.1, -0.05) is 17.7 Å². The van der Waals surface area contributed by atoms with Crippen molar-refractivity contribution in [3.8, 4) is 0 Å². The van der Waals surface area contributed by atoms with Gasteiger partial charge in [-0.05, 0) is 58.6 Å². The van der Waals surface area contributed by atoms with E-state index in [1.807, 2.05) is 0 Å². The summed E-state index contributed by atoms with van der Waals surface area (Å²) in [5.41, 5.74) is 5.07. The molecule has 100 valence electrons. The van der Waals surface area contributed by atoms with Gasteiger partial charge in [0.1, 0.15) is 0 Å². The predicted molar refractivity (Wildman–Crippen MR) is 77.3 cm³/mol. The molecule has 1 N–H and O–H groups in total. The highest BCUT2D eigenvalue weighted by atomic mass is 16.3. The zero-order valence-electron chi connectivity index (χ0n) is 12.2. The van der Waals surface area contributed by atoms with Crippen LogP contribution in [0.1, 0.15) is 43.4 Å². The Morgan fingerprint density at radius 1 is 1.17 bits per heavy atom. The molecule has 1 aliphatic heterocycles. The van der Waals surface area contributed by atoms with E-state index in [-0.39, 0.29) is 11.6 Å². The van der Waals surface area contributed by atoms with Crippen LogP contribution in [0.2, 0.25) is 0 Å². The van der Waals surface area contributed by atoms with Crippen molar-refractivity contribution in [3.05, 3.63) is 28.8 Å². The normalized spacial score (nSPS) is 23.2. The number of nitrogens with zero attached hydrogens (tertiary/aromatic N) is 1. The molecule has 1 atom stereocenters. The Bertz CT molecular complexity index is 427. The van der Waals surface area contributed by atoms with Crippen LogP contribution in [0.5, 0.6) is 0 Å². The van der Waals surface area contributed by atoms with E-state index in [0.717, 1.165) is 19.4 Å². The van der Waals surface area contributed by atoms with Crippen LogP contribution < -0.4 is 4.90 Å².